The summed E-state index contributed by atoms with van der Waals surface area (Å²) >= 11 is 15.6. The van der Waals surface area contributed by atoms with Crippen molar-refractivity contribution in [2.24, 2.45) is 5.73 Å². The van der Waals surface area contributed by atoms with Gasteiger partial charge in [0, 0.05) is 32.5 Å². The first-order chi connectivity index (χ1) is 17.6. The molecular formula is C29H26BrCl2N3O2. The number of nitrogens with two attached hydrogens (primary N) is 1. The summed E-state index contributed by atoms with van der Waals surface area (Å²) < 4.78 is 0.793. The number of nitrogens with one attached hydrogen (secondary N) is 2. The van der Waals surface area contributed by atoms with Crippen LogP contribution < -0.4 is 16.4 Å². The number of hydrogen-bond donors (Lipinski definition) is 3. The predicted octanol–water partition coefficient (Wildman–Crippen LogP) is 6.99. The zero-order valence-electron chi connectivity index (χ0n) is 20.4. The Hall–Kier alpha value is -3.08. The highest BCUT2D eigenvalue weighted by atomic mass is 79.9. The number of hydrogen-bond acceptors (Lipinski definition) is 3. The quantitative estimate of drug-likeness (QED) is 0.244. The van der Waals surface area contributed by atoms with Crippen LogP contribution in [0, 0.1) is 12.3 Å². The highest BCUT2D eigenvalue weighted by molar-refractivity contribution is 9.10. The van der Waals surface area contributed by atoms with Crippen molar-refractivity contribution in [1.82, 2.24) is 5.32 Å². The van der Waals surface area contributed by atoms with Crippen molar-refractivity contribution < 1.29 is 9.59 Å². The second kappa shape index (κ2) is 12.9. The molecule has 37 heavy (non-hydrogen) atoms. The maximum absolute atomic E-state index is 13.3. The van der Waals surface area contributed by atoms with Gasteiger partial charge in [0.05, 0.1) is 16.0 Å². The Balaban J connectivity index is 1.93. The van der Waals surface area contributed by atoms with Gasteiger partial charge < -0.3 is 16.4 Å². The average molecular weight is 599 g/mol. The van der Waals surface area contributed by atoms with E-state index in [1.54, 1.807) is 54.6 Å². The first kappa shape index (κ1) is 28.5. The van der Waals surface area contributed by atoms with Crippen LogP contribution in [0.3, 0.4) is 0 Å². The summed E-state index contributed by atoms with van der Waals surface area (Å²) in [7, 11) is 0. The van der Waals surface area contributed by atoms with Crippen molar-refractivity contribution in [3.05, 3.63) is 103 Å². The molecule has 0 fully saturated rings. The topological polar surface area (TPSA) is 84.2 Å². The third-order valence-corrected chi connectivity index (χ3v) is 6.89. The minimum absolute atomic E-state index is 0.250. The number of halogens is 3. The Kier molecular flexibility index (Phi) is 9.96. The molecular weight excluding hydrogens is 573 g/mol. The van der Waals surface area contributed by atoms with Crippen molar-refractivity contribution >= 4 is 62.3 Å². The Morgan fingerprint density at radius 2 is 1.81 bits per heavy atom. The van der Waals surface area contributed by atoms with Crippen LogP contribution in [-0.4, -0.2) is 18.4 Å². The smallest absolute Gasteiger partial charge is 0.255 e. The molecule has 8 heteroatoms. The largest absolute Gasteiger partial charge is 0.330 e. The van der Waals surface area contributed by atoms with Crippen molar-refractivity contribution in [2.45, 2.75) is 26.2 Å². The van der Waals surface area contributed by atoms with E-state index in [2.05, 4.69) is 32.5 Å². The molecule has 4 N–H and O–H groups in total. The van der Waals surface area contributed by atoms with Crippen LogP contribution >= 0.6 is 39.1 Å². The molecule has 0 aliphatic carbocycles. The lowest BCUT2D eigenvalue weighted by atomic mass is 9.94. The molecule has 0 radical (unpaired) electrons. The zero-order valence-corrected chi connectivity index (χ0v) is 23.5. The fraction of sp³-hybridized carbons (Fsp3) is 0.172. The van der Waals surface area contributed by atoms with Gasteiger partial charge in [-0.2, -0.15) is 0 Å². The highest BCUT2D eigenvalue weighted by Gasteiger charge is 2.22. The second-order valence-corrected chi connectivity index (χ2v) is 10.3. The monoisotopic (exact) mass is 597 g/mol. The molecule has 2 amide bonds. The molecule has 0 aliphatic heterocycles. The lowest BCUT2D eigenvalue weighted by Gasteiger charge is -2.19. The molecule has 5 nitrogen and oxygen atoms in total. The maximum Gasteiger partial charge on any atom is 0.255 e. The predicted molar refractivity (Wildman–Crippen MR) is 156 cm³/mol. The van der Waals surface area contributed by atoms with Crippen LogP contribution in [0.2, 0.25) is 10.0 Å². The number of rotatable bonds is 8. The van der Waals surface area contributed by atoms with Gasteiger partial charge in [0.2, 0.25) is 5.91 Å². The minimum atomic E-state index is -0.533. The molecule has 190 valence electrons. The summed E-state index contributed by atoms with van der Waals surface area (Å²) in [5.74, 6) is 1.60. The number of anilines is 1. The van der Waals surface area contributed by atoms with Crippen LogP contribution in [0.25, 0.3) is 5.70 Å². The SMILES string of the molecule is C#Cc1ccc(NC(=O)C(CCN)c2ccc(Cl)c(Cl)c2)cc1C(NC(=O)c1cccc(Br)c1)=C(C)C. The van der Waals surface area contributed by atoms with Crippen LogP contribution in [0.4, 0.5) is 5.69 Å². The average Bonchev–Trinajstić information content (AvgIpc) is 2.87. The number of allylic oxidation sites excluding steroid dienone is 1. The third kappa shape index (κ3) is 7.24. The third-order valence-electron chi connectivity index (χ3n) is 5.66. The van der Waals surface area contributed by atoms with Gasteiger partial charge in [0.25, 0.3) is 5.91 Å². The summed E-state index contributed by atoms with van der Waals surface area (Å²) in [5.41, 5.74) is 10.1. The van der Waals surface area contributed by atoms with Gasteiger partial charge in [0.1, 0.15) is 0 Å². The van der Waals surface area contributed by atoms with Crippen molar-refractivity contribution in [3.63, 3.8) is 0 Å². The first-order valence-corrected chi connectivity index (χ1v) is 13.0. The highest BCUT2D eigenvalue weighted by Crippen LogP contribution is 2.30. The molecule has 3 aromatic rings. The Labute approximate surface area is 235 Å². The van der Waals surface area contributed by atoms with Crippen molar-refractivity contribution in [1.29, 1.82) is 0 Å². The van der Waals surface area contributed by atoms with Gasteiger partial charge in [0.15, 0.2) is 0 Å². The standard InChI is InChI=1S/C29H26BrCl2N3O2/c1-4-18-8-10-22(34-29(37)23(12-13-33)19-9-11-25(31)26(32)15-19)16-24(18)27(17(2)3)35-28(36)20-6-5-7-21(30)14-20/h1,5-11,14-16,23H,12-13,33H2,2-3H3,(H,34,37)(H,35,36). The van der Waals surface area contributed by atoms with Gasteiger partial charge in [-0.05, 0) is 80.9 Å². The molecule has 1 atom stereocenters. The summed E-state index contributed by atoms with van der Waals surface area (Å²) in [6.45, 7) is 4.07. The number of benzene rings is 3. The zero-order chi connectivity index (χ0) is 27.1. The molecule has 3 aromatic carbocycles. The van der Waals surface area contributed by atoms with Gasteiger partial charge in [-0.15, -0.1) is 6.42 Å². The van der Waals surface area contributed by atoms with Crippen LogP contribution in [0.15, 0.2) is 70.7 Å². The Morgan fingerprint density at radius 1 is 1.05 bits per heavy atom. The molecule has 0 saturated heterocycles. The molecule has 0 bridgehead atoms. The molecule has 0 aliphatic rings. The minimum Gasteiger partial charge on any atom is -0.330 e. The van der Waals surface area contributed by atoms with E-state index in [-0.39, 0.29) is 11.8 Å². The lowest BCUT2D eigenvalue weighted by molar-refractivity contribution is -0.117. The molecule has 0 saturated carbocycles. The van der Waals surface area contributed by atoms with E-state index in [1.165, 1.54) is 0 Å². The van der Waals surface area contributed by atoms with E-state index in [0.717, 1.165) is 10.0 Å². The van der Waals surface area contributed by atoms with E-state index in [9.17, 15) is 9.59 Å². The van der Waals surface area contributed by atoms with E-state index in [0.29, 0.717) is 56.6 Å². The van der Waals surface area contributed by atoms with Gasteiger partial charge in [-0.3, -0.25) is 9.59 Å². The molecule has 0 aromatic heterocycles. The van der Waals surface area contributed by atoms with Crippen molar-refractivity contribution in [2.75, 3.05) is 11.9 Å². The Morgan fingerprint density at radius 3 is 2.43 bits per heavy atom. The molecule has 1 unspecified atom stereocenters. The number of terminal acetylenes is 1. The van der Waals surface area contributed by atoms with Crippen molar-refractivity contribution in [3.8, 4) is 12.3 Å². The fourth-order valence-electron chi connectivity index (χ4n) is 3.81. The van der Waals surface area contributed by atoms with E-state index in [1.807, 2.05) is 19.9 Å². The maximum atomic E-state index is 13.3. The van der Waals surface area contributed by atoms with Gasteiger partial charge >= 0.3 is 0 Å². The normalized spacial score (nSPS) is 11.3. The molecule has 3 rings (SSSR count). The first-order valence-electron chi connectivity index (χ1n) is 11.5. The Bertz CT molecular complexity index is 1410. The second-order valence-electron chi connectivity index (χ2n) is 8.54. The van der Waals surface area contributed by atoms with Crippen LogP contribution in [0.5, 0.6) is 0 Å². The van der Waals surface area contributed by atoms with Gasteiger partial charge in [-0.1, -0.05) is 62.8 Å². The summed E-state index contributed by atoms with van der Waals surface area (Å²) in [4.78, 5) is 26.3. The summed E-state index contributed by atoms with van der Waals surface area (Å²) in [6, 6.07) is 17.4. The molecule has 0 heterocycles. The summed E-state index contributed by atoms with van der Waals surface area (Å²) in [5, 5.41) is 6.71. The molecule has 0 spiro atoms. The number of carbonyl (C=O) groups is 2. The lowest BCUT2D eigenvalue weighted by Crippen LogP contribution is -2.25. The number of carbonyl (C=O) groups excluding carboxylic acids is 2. The number of amides is 2. The van der Waals surface area contributed by atoms with E-state index in [4.69, 9.17) is 35.4 Å². The fourth-order valence-corrected chi connectivity index (χ4v) is 4.51. The van der Waals surface area contributed by atoms with Gasteiger partial charge in [-0.25, -0.2) is 0 Å². The van der Waals surface area contributed by atoms with E-state index < -0.39 is 5.92 Å². The summed E-state index contributed by atoms with van der Waals surface area (Å²) in [6.07, 6.45) is 6.19. The van der Waals surface area contributed by atoms with Crippen LogP contribution in [-0.2, 0) is 4.79 Å². The van der Waals surface area contributed by atoms with E-state index >= 15 is 0 Å². The van der Waals surface area contributed by atoms with Crippen LogP contribution in [0.1, 0.15) is 53.2 Å².